The lowest BCUT2D eigenvalue weighted by molar-refractivity contribution is -0.138. The Morgan fingerprint density at radius 2 is 2.19 bits per heavy atom. The van der Waals surface area contributed by atoms with Crippen molar-refractivity contribution in [2.45, 2.75) is 57.4 Å². The first-order chi connectivity index (χ1) is 10.3. The summed E-state index contributed by atoms with van der Waals surface area (Å²) in [5.74, 6) is 1.49. The minimum absolute atomic E-state index is 0.0952. The summed E-state index contributed by atoms with van der Waals surface area (Å²) in [5.41, 5.74) is 0. The SMILES string of the molecule is O=C1CCCC1C1CCCCN1C(=O)CCc1ccco1. The molecule has 1 amide bonds. The van der Waals surface area contributed by atoms with E-state index in [1.54, 1.807) is 6.26 Å². The maximum atomic E-state index is 12.5. The van der Waals surface area contributed by atoms with Crippen molar-refractivity contribution >= 4 is 11.7 Å². The number of carbonyl (C=O) groups excluding carboxylic acids is 2. The van der Waals surface area contributed by atoms with Gasteiger partial charge in [-0.25, -0.2) is 0 Å². The highest BCUT2D eigenvalue weighted by Crippen LogP contribution is 2.33. The molecule has 1 saturated carbocycles. The minimum Gasteiger partial charge on any atom is -0.469 e. The van der Waals surface area contributed by atoms with E-state index in [9.17, 15) is 9.59 Å². The number of Topliss-reactive ketones (excluding diaryl/α,β-unsaturated/α-hetero) is 1. The van der Waals surface area contributed by atoms with Gasteiger partial charge in [-0.2, -0.15) is 0 Å². The average Bonchev–Trinajstić information content (AvgIpc) is 3.16. The second-order valence-corrected chi connectivity index (χ2v) is 6.19. The van der Waals surface area contributed by atoms with E-state index in [2.05, 4.69) is 0 Å². The van der Waals surface area contributed by atoms with Crippen LogP contribution in [0.15, 0.2) is 22.8 Å². The molecule has 1 saturated heterocycles. The molecule has 0 spiro atoms. The van der Waals surface area contributed by atoms with E-state index in [0.717, 1.165) is 44.4 Å². The van der Waals surface area contributed by atoms with Crippen LogP contribution in [0.25, 0.3) is 0 Å². The summed E-state index contributed by atoms with van der Waals surface area (Å²) in [4.78, 5) is 26.6. The van der Waals surface area contributed by atoms with Crippen molar-refractivity contribution in [2.75, 3.05) is 6.54 Å². The summed E-state index contributed by atoms with van der Waals surface area (Å²) in [6.45, 7) is 0.811. The van der Waals surface area contributed by atoms with Crippen LogP contribution in [0.4, 0.5) is 0 Å². The molecular weight excluding hydrogens is 266 g/mol. The van der Waals surface area contributed by atoms with E-state index in [4.69, 9.17) is 4.42 Å². The molecule has 1 aromatic heterocycles. The molecule has 114 valence electrons. The Morgan fingerprint density at radius 1 is 1.29 bits per heavy atom. The van der Waals surface area contributed by atoms with Gasteiger partial charge in [0.05, 0.1) is 6.26 Å². The monoisotopic (exact) mass is 289 g/mol. The molecule has 1 aliphatic heterocycles. The first-order valence-corrected chi connectivity index (χ1v) is 8.10. The van der Waals surface area contributed by atoms with Gasteiger partial charge in [0, 0.05) is 37.8 Å². The van der Waals surface area contributed by atoms with E-state index < -0.39 is 0 Å². The Balaban J connectivity index is 1.63. The smallest absolute Gasteiger partial charge is 0.223 e. The van der Waals surface area contributed by atoms with Crippen molar-refractivity contribution in [1.29, 1.82) is 0 Å². The number of hydrogen-bond donors (Lipinski definition) is 0. The lowest BCUT2D eigenvalue weighted by Gasteiger charge is -2.38. The van der Waals surface area contributed by atoms with Crippen LogP contribution in [0, 0.1) is 5.92 Å². The summed E-state index contributed by atoms with van der Waals surface area (Å²) >= 11 is 0. The van der Waals surface area contributed by atoms with Crippen LogP contribution >= 0.6 is 0 Å². The predicted octanol–water partition coefficient (Wildman–Crippen LogP) is 2.96. The van der Waals surface area contributed by atoms with Gasteiger partial charge >= 0.3 is 0 Å². The maximum absolute atomic E-state index is 12.5. The van der Waals surface area contributed by atoms with Crippen molar-refractivity contribution in [3.8, 4) is 0 Å². The molecule has 21 heavy (non-hydrogen) atoms. The number of likely N-dealkylation sites (tertiary alicyclic amines) is 1. The van der Waals surface area contributed by atoms with Gasteiger partial charge in [0.25, 0.3) is 0 Å². The molecule has 2 unspecified atom stereocenters. The van der Waals surface area contributed by atoms with Crippen molar-refractivity contribution < 1.29 is 14.0 Å². The summed E-state index contributed by atoms with van der Waals surface area (Å²) in [7, 11) is 0. The highest BCUT2D eigenvalue weighted by atomic mass is 16.3. The van der Waals surface area contributed by atoms with Crippen molar-refractivity contribution in [2.24, 2.45) is 5.92 Å². The second kappa shape index (κ2) is 6.46. The lowest BCUT2D eigenvalue weighted by atomic mass is 9.88. The fourth-order valence-corrected chi connectivity index (χ4v) is 3.76. The van der Waals surface area contributed by atoms with E-state index in [1.807, 2.05) is 17.0 Å². The number of piperidine rings is 1. The highest BCUT2D eigenvalue weighted by Gasteiger charge is 2.38. The first kappa shape index (κ1) is 14.4. The third-order valence-electron chi connectivity index (χ3n) is 4.85. The van der Waals surface area contributed by atoms with E-state index in [0.29, 0.717) is 25.0 Å². The number of ketones is 1. The third kappa shape index (κ3) is 3.20. The highest BCUT2D eigenvalue weighted by molar-refractivity contribution is 5.85. The molecular formula is C17H23NO3. The van der Waals surface area contributed by atoms with Gasteiger partial charge in [-0.05, 0) is 44.2 Å². The number of hydrogen-bond acceptors (Lipinski definition) is 3. The second-order valence-electron chi connectivity index (χ2n) is 6.19. The Hall–Kier alpha value is -1.58. The van der Waals surface area contributed by atoms with Gasteiger partial charge in [-0.1, -0.05) is 0 Å². The number of rotatable bonds is 4. The average molecular weight is 289 g/mol. The molecule has 2 atom stereocenters. The van der Waals surface area contributed by atoms with Crippen LogP contribution in [0.5, 0.6) is 0 Å². The molecule has 0 radical (unpaired) electrons. The van der Waals surface area contributed by atoms with Crippen LogP contribution in [0.1, 0.15) is 50.7 Å². The van der Waals surface area contributed by atoms with Crippen LogP contribution in [0.3, 0.4) is 0 Å². The molecule has 4 heteroatoms. The number of aryl methyl sites for hydroxylation is 1. The van der Waals surface area contributed by atoms with Crippen molar-refractivity contribution in [3.63, 3.8) is 0 Å². The maximum Gasteiger partial charge on any atom is 0.223 e. The molecule has 4 nitrogen and oxygen atoms in total. The predicted molar refractivity (Wildman–Crippen MR) is 78.7 cm³/mol. The van der Waals surface area contributed by atoms with Gasteiger partial charge in [0.15, 0.2) is 0 Å². The summed E-state index contributed by atoms with van der Waals surface area (Å²) in [6, 6.07) is 3.90. The minimum atomic E-state index is 0.0952. The lowest BCUT2D eigenvalue weighted by Crippen LogP contribution is -2.48. The Morgan fingerprint density at radius 3 is 2.90 bits per heavy atom. The fourth-order valence-electron chi connectivity index (χ4n) is 3.76. The van der Waals surface area contributed by atoms with Gasteiger partial charge < -0.3 is 9.32 Å². The quantitative estimate of drug-likeness (QED) is 0.856. The molecule has 1 aromatic rings. The molecule has 0 N–H and O–H groups in total. The standard InChI is InChI=1S/C17H23NO3/c19-16-8-3-6-14(16)15-7-1-2-11-18(15)17(20)10-9-13-5-4-12-21-13/h4-5,12,14-15H,1-3,6-11H2. The van der Waals surface area contributed by atoms with Crippen molar-refractivity contribution in [3.05, 3.63) is 24.2 Å². The molecule has 1 aliphatic carbocycles. The van der Waals surface area contributed by atoms with Gasteiger partial charge in [-0.15, -0.1) is 0 Å². The Kier molecular flexibility index (Phi) is 4.42. The number of amides is 1. The van der Waals surface area contributed by atoms with E-state index in [1.165, 1.54) is 0 Å². The first-order valence-electron chi connectivity index (χ1n) is 8.10. The fraction of sp³-hybridized carbons (Fsp3) is 0.647. The Bertz CT molecular complexity index is 494. The van der Waals surface area contributed by atoms with Gasteiger partial charge in [-0.3, -0.25) is 9.59 Å². The van der Waals surface area contributed by atoms with Gasteiger partial charge in [0.2, 0.25) is 5.91 Å². The summed E-state index contributed by atoms with van der Waals surface area (Å²) < 4.78 is 5.29. The van der Waals surface area contributed by atoms with Crippen LogP contribution in [0.2, 0.25) is 0 Å². The number of carbonyl (C=O) groups is 2. The van der Waals surface area contributed by atoms with Crippen LogP contribution in [-0.2, 0) is 16.0 Å². The van der Waals surface area contributed by atoms with E-state index in [-0.39, 0.29) is 17.9 Å². The molecule has 2 fully saturated rings. The number of nitrogens with zero attached hydrogens (tertiary/aromatic N) is 1. The zero-order valence-corrected chi connectivity index (χ0v) is 12.4. The summed E-state index contributed by atoms with van der Waals surface area (Å²) in [5, 5.41) is 0. The van der Waals surface area contributed by atoms with Gasteiger partial charge in [0.1, 0.15) is 11.5 Å². The topological polar surface area (TPSA) is 50.5 Å². The van der Waals surface area contributed by atoms with Crippen LogP contribution < -0.4 is 0 Å². The molecule has 0 aromatic carbocycles. The molecule has 0 bridgehead atoms. The zero-order valence-electron chi connectivity index (χ0n) is 12.4. The van der Waals surface area contributed by atoms with Crippen LogP contribution in [-0.4, -0.2) is 29.2 Å². The Labute approximate surface area is 125 Å². The largest absolute Gasteiger partial charge is 0.469 e. The molecule has 2 aliphatic rings. The molecule has 2 heterocycles. The summed E-state index contributed by atoms with van der Waals surface area (Å²) in [6.07, 6.45) is 8.61. The molecule has 3 rings (SSSR count). The zero-order chi connectivity index (χ0) is 14.7. The third-order valence-corrected chi connectivity index (χ3v) is 4.85. The normalized spacial score (nSPS) is 26.3. The van der Waals surface area contributed by atoms with E-state index >= 15 is 0 Å². The number of furan rings is 1. The van der Waals surface area contributed by atoms with Crippen molar-refractivity contribution in [1.82, 2.24) is 4.90 Å².